The van der Waals surface area contributed by atoms with E-state index in [2.05, 4.69) is 4.72 Å². The van der Waals surface area contributed by atoms with E-state index >= 15 is 0 Å². The Hall–Kier alpha value is -1.63. The number of sulfonamides is 1. The van der Waals surface area contributed by atoms with Crippen LogP contribution in [0.2, 0.25) is 0 Å². The van der Waals surface area contributed by atoms with Gasteiger partial charge >= 0.3 is 5.97 Å². The Morgan fingerprint density at radius 2 is 1.95 bits per heavy atom. The molecule has 104 valence electrons. The minimum atomic E-state index is -3.74. The van der Waals surface area contributed by atoms with E-state index in [1.165, 1.54) is 6.07 Å². The summed E-state index contributed by atoms with van der Waals surface area (Å²) in [5.41, 5.74) is -0.872. The quantitative estimate of drug-likeness (QED) is 0.889. The molecule has 0 atom stereocenters. The van der Waals surface area contributed by atoms with Crippen LogP contribution in [0.1, 0.15) is 36.0 Å². The van der Waals surface area contributed by atoms with Crippen LogP contribution in [0.5, 0.6) is 0 Å². The lowest BCUT2D eigenvalue weighted by Crippen LogP contribution is -2.26. The summed E-state index contributed by atoms with van der Waals surface area (Å²) in [7, 11) is -3.74. The molecule has 5 nitrogen and oxygen atoms in total. The van der Waals surface area contributed by atoms with Crippen molar-refractivity contribution in [3.63, 3.8) is 0 Å². The van der Waals surface area contributed by atoms with Crippen LogP contribution < -0.4 is 4.72 Å². The van der Waals surface area contributed by atoms with Gasteiger partial charge < -0.3 is 5.11 Å². The maximum atomic E-state index is 13.6. The summed E-state index contributed by atoms with van der Waals surface area (Å²) < 4.78 is 39.8. The lowest BCUT2D eigenvalue weighted by molar-refractivity contribution is 0.0697. The Kier molecular flexibility index (Phi) is 3.75. The van der Waals surface area contributed by atoms with E-state index in [4.69, 9.17) is 5.11 Å². The topological polar surface area (TPSA) is 83.5 Å². The lowest BCUT2D eigenvalue weighted by Gasteiger charge is -2.15. The van der Waals surface area contributed by atoms with Gasteiger partial charge in [-0.25, -0.2) is 17.6 Å². The highest BCUT2D eigenvalue weighted by atomic mass is 32.2. The van der Waals surface area contributed by atoms with E-state index in [9.17, 15) is 17.6 Å². The smallest absolute Gasteiger partial charge is 0.337 e. The van der Waals surface area contributed by atoms with Gasteiger partial charge in [-0.3, -0.25) is 4.72 Å². The van der Waals surface area contributed by atoms with Crippen LogP contribution in [0.4, 0.5) is 10.1 Å². The molecule has 1 saturated carbocycles. The van der Waals surface area contributed by atoms with Crippen LogP contribution in [0.25, 0.3) is 0 Å². The first-order valence-corrected chi connectivity index (χ1v) is 7.50. The normalized spacial score (nSPS) is 16.5. The Labute approximate surface area is 110 Å². The second-order valence-corrected chi connectivity index (χ2v) is 6.48. The Balaban J connectivity index is 2.35. The summed E-state index contributed by atoms with van der Waals surface area (Å²) in [6, 6.07) is 3.42. The Morgan fingerprint density at radius 3 is 2.53 bits per heavy atom. The van der Waals surface area contributed by atoms with Crippen molar-refractivity contribution in [3.8, 4) is 0 Å². The van der Waals surface area contributed by atoms with Crippen molar-refractivity contribution in [1.82, 2.24) is 0 Å². The average Bonchev–Trinajstić information content (AvgIpc) is 2.85. The van der Waals surface area contributed by atoms with Crippen LogP contribution >= 0.6 is 0 Å². The monoisotopic (exact) mass is 287 g/mol. The summed E-state index contributed by atoms with van der Waals surface area (Å²) in [5.74, 6) is -2.26. The van der Waals surface area contributed by atoms with Gasteiger partial charge in [0.05, 0.1) is 16.5 Å². The first-order chi connectivity index (χ1) is 8.92. The van der Waals surface area contributed by atoms with Gasteiger partial charge in [-0.05, 0) is 25.0 Å². The first kappa shape index (κ1) is 13.8. The maximum absolute atomic E-state index is 13.6. The Morgan fingerprint density at radius 1 is 1.32 bits per heavy atom. The predicted octanol–water partition coefficient (Wildman–Crippen LogP) is 2.21. The van der Waals surface area contributed by atoms with Crippen molar-refractivity contribution >= 4 is 21.7 Å². The number of nitrogens with one attached hydrogen (secondary N) is 1. The number of carboxylic acids is 1. The second-order valence-electron chi connectivity index (χ2n) is 4.52. The molecule has 0 spiro atoms. The number of anilines is 1. The molecular weight excluding hydrogens is 273 g/mol. The molecule has 1 aromatic carbocycles. The number of carbonyl (C=O) groups is 1. The largest absolute Gasteiger partial charge is 0.478 e. The fourth-order valence-corrected chi connectivity index (χ4v) is 3.84. The molecule has 0 aliphatic heterocycles. The van der Waals surface area contributed by atoms with Gasteiger partial charge in [0, 0.05) is 0 Å². The van der Waals surface area contributed by atoms with Gasteiger partial charge in [0.1, 0.15) is 5.82 Å². The summed E-state index contributed by atoms with van der Waals surface area (Å²) in [6.45, 7) is 0. The molecule has 1 fully saturated rings. The zero-order valence-electron chi connectivity index (χ0n) is 10.1. The molecule has 19 heavy (non-hydrogen) atoms. The fraction of sp³-hybridized carbons (Fsp3) is 0.417. The number of para-hydroxylation sites is 1. The third-order valence-electron chi connectivity index (χ3n) is 3.23. The molecule has 0 aromatic heterocycles. The lowest BCUT2D eigenvalue weighted by atomic mass is 10.2. The highest BCUT2D eigenvalue weighted by molar-refractivity contribution is 7.93. The van der Waals surface area contributed by atoms with Gasteiger partial charge in [-0.2, -0.15) is 0 Å². The van der Waals surface area contributed by atoms with Gasteiger partial charge in [0.2, 0.25) is 10.0 Å². The van der Waals surface area contributed by atoms with Crippen LogP contribution in [0.15, 0.2) is 18.2 Å². The SMILES string of the molecule is O=C(O)c1cccc(F)c1NS(=O)(=O)C1CCCC1. The molecule has 1 aliphatic carbocycles. The number of benzene rings is 1. The highest BCUT2D eigenvalue weighted by Crippen LogP contribution is 2.28. The first-order valence-electron chi connectivity index (χ1n) is 5.95. The third kappa shape index (κ3) is 2.86. The zero-order chi connectivity index (χ0) is 14.0. The molecule has 1 aromatic rings. The number of rotatable bonds is 4. The molecule has 2 rings (SSSR count). The van der Waals surface area contributed by atoms with Crippen molar-refractivity contribution < 1.29 is 22.7 Å². The van der Waals surface area contributed by atoms with E-state index in [0.29, 0.717) is 12.8 Å². The fourth-order valence-electron chi connectivity index (χ4n) is 2.23. The second kappa shape index (κ2) is 5.16. The van der Waals surface area contributed by atoms with E-state index in [1.54, 1.807) is 0 Å². The zero-order valence-corrected chi connectivity index (χ0v) is 10.9. The van der Waals surface area contributed by atoms with Crippen molar-refractivity contribution in [3.05, 3.63) is 29.6 Å². The molecule has 0 amide bonds. The van der Waals surface area contributed by atoms with Crippen molar-refractivity contribution in [1.29, 1.82) is 0 Å². The summed E-state index contributed by atoms with van der Waals surface area (Å²) >= 11 is 0. The summed E-state index contributed by atoms with van der Waals surface area (Å²) in [4.78, 5) is 11.0. The van der Waals surface area contributed by atoms with E-state index in [0.717, 1.165) is 25.0 Å². The van der Waals surface area contributed by atoms with Crippen LogP contribution in [-0.4, -0.2) is 24.7 Å². The van der Waals surface area contributed by atoms with Gasteiger partial charge in [0.25, 0.3) is 0 Å². The van der Waals surface area contributed by atoms with Gasteiger partial charge in [-0.1, -0.05) is 18.9 Å². The molecule has 0 heterocycles. The summed E-state index contributed by atoms with van der Waals surface area (Å²) in [5, 5.41) is 8.38. The third-order valence-corrected chi connectivity index (χ3v) is 5.07. The van der Waals surface area contributed by atoms with E-state index < -0.39 is 32.7 Å². The van der Waals surface area contributed by atoms with Crippen molar-refractivity contribution in [2.75, 3.05) is 4.72 Å². The minimum Gasteiger partial charge on any atom is -0.478 e. The average molecular weight is 287 g/mol. The Bertz CT molecular complexity index is 594. The minimum absolute atomic E-state index is 0.387. The number of hydrogen-bond acceptors (Lipinski definition) is 3. The molecule has 0 bridgehead atoms. The van der Waals surface area contributed by atoms with E-state index in [-0.39, 0.29) is 5.56 Å². The number of aromatic carboxylic acids is 1. The summed E-state index contributed by atoms with van der Waals surface area (Å²) in [6.07, 6.45) is 2.67. The number of carboxylic acid groups (broad SMARTS) is 1. The van der Waals surface area contributed by atoms with Crippen molar-refractivity contribution in [2.45, 2.75) is 30.9 Å². The molecule has 0 saturated heterocycles. The standard InChI is InChI=1S/C12H14FNO4S/c13-10-7-3-6-9(12(15)16)11(10)14-19(17,18)8-4-1-2-5-8/h3,6-8,14H,1-2,4-5H2,(H,15,16). The maximum Gasteiger partial charge on any atom is 0.337 e. The van der Waals surface area contributed by atoms with E-state index in [1.807, 2.05) is 0 Å². The predicted molar refractivity (Wildman–Crippen MR) is 68.2 cm³/mol. The highest BCUT2D eigenvalue weighted by Gasteiger charge is 2.30. The number of halogens is 1. The molecule has 0 radical (unpaired) electrons. The van der Waals surface area contributed by atoms with Crippen molar-refractivity contribution in [2.24, 2.45) is 0 Å². The molecular formula is C12H14FNO4S. The van der Waals surface area contributed by atoms with Crippen LogP contribution in [0, 0.1) is 5.82 Å². The molecule has 1 aliphatic rings. The van der Waals surface area contributed by atoms with Gasteiger partial charge in [0.15, 0.2) is 0 Å². The number of hydrogen-bond donors (Lipinski definition) is 2. The van der Waals surface area contributed by atoms with Crippen LogP contribution in [0.3, 0.4) is 0 Å². The molecule has 7 heteroatoms. The van der Waals surface area contributed by atoms with Crippen LogP contribution in [-0.2, 0) is 10.0 Å². The molecule has 2 N–H and O–H groups in total. The molecule has 0 unspecified atom stereocenters. The van der Waals surface area contributed by atoms with Gasteiger partial charge in [-0.15, -0.1) is 0 Å².